The summed E-state index contributed by atoms with van der Waals surface area (Å²) in [4.78, 5) is 14.9. The van der Waals surface area contributed by atoms with Crippen molar-refractivity contribution in [3.8, 4) is 5.75 Å². The lowest BCUT2D eigenvalue weighted by Gasteiger charge is -2.26. The van der Waals surface area contributed by atoms with Crippen LogP contribution in [0.3, 0.4) is 0 Å². The summed E-state index contributed by atoms with van der Waals surface area (Å²) in [7, 11) is 0. The molecule has 0 saturated carbocycles. The van der Waals surface area contributed by atoms with E-state index in [1.54, 1.807) is 6.07 Å². The largest absolute Gasteiger partial charge is 0.492 e. The smallest absolute Gasteiger partial charge is 0.324 e. The van der Waals surface area contributed by atoms with E-state index in [1.165, 1.54) is 0 Å². The van der Waals surface area contributed by atoms with E-state index < -0.39 is 0 Å². The van der Waals surface area contributed by atoms with Gasteiger partial charge in [-0.25, -0.2) is 4.79 Å². The summed E-state index contributed by atoms with van der Waals surface area (Å²) in [5, 5.41) is 11.4. The van der Waals surface area contributed by atoms with Crippen LogP contribution in [-0.4, -0.2) is 55.5 Å². The number of fused-ring (bicyclic) bond motifs is 1. The number of rotatable bonds is 6. The van der Waals surface area contributed by atoms with E-state index in [-0.39, 0.29) is 11.4 Å². The van der Waals surface area contributed by atoms with Gasteiger partial charge in [-0.2, -0.15) is 0 Å². The number of hydrogen-bond acceptors (Lipinski definition) is 6. The van der Waals surface area contributed by atoms with Gasteiger partial charge in [0, 0.05) is 41.9 Å². The molecule has 8 heteroatoms. The van der Waals surface area contributed by atoms with Gasteiger partial charge in [0.1, 0.15) is 18.1 Å². The van der Waals surface area contributed by atoms with E-state index >= 15 is 0 Å². The zero-order valence-corrected chi connectivity index (χ0v) is 18.8. The molecule has 3 aromatic rings. The number of amides is 2. The van der Waals surface area contributed by atoms with Crippen LogP contribution >= 0.6 is 0 Å². The van der Waals surface area contributed by atoms with Crippen molar-refractivity contribution in [1.82, 2.24) is 10.1 Å². The number of nitrogens with one attached hydrogen (secondary N) is 2. The molecule has 2 amide bonds. The number of carbonyl (C=O) groups excluding carboxylic acids is 1. The van der Waals surface area contributed by atoms with Crippen molar-refractivity contribution in [2.75, 3.05) is 50.1 Å². The third-order valence-corrected chi connectivity index (χ3v) is 5.39. The van der Waals surface area contributed by atoms with E-state index in [2.05, 4.69) is 20.7 Å². The molecule has 32 heavy (non-hydrogen) atoms. The Bertz CT molecular complexity index is 1070. The number of carbonyl (C=O) groups is 1. The average Bonchev–Trinajstić information content (AvgIpc) is 3.25. The number of morpholine rings is 1. The van der Waals surface area contributed by atoms with Gasteiger partial charge >= 0.3 is 6.03 Å². The quantitative estimate of drug-likeness (QED) is 0.590. The van der Waals surface area contributed by atoms with Crippen molar-refractivity contribution < 1.29 is 18.8 Å². The molecule has 0 unspecified atom stereocenters. The Morgan fingerprint density at radius 3 is 2.56 bits per heavy atom. The Morgan fingerprint density at radius 2 is 1.84 bits per heavy atom. The van der Waals surface area contributed by atoms with Crippen LogP contribution in [0.4, 0.5) is 16.3 Å². The molecule has 170 valence electrons. The van der Waals surface area contributed by atoms with Gasteiger partial charge in [0.25, 0.3) is 0 Å². The highest BCUT2D eigenvalue weighted by atomic mass is 16.5. The molecular formula is C24H30N4O4. The molecule has 2 heterocycles. The maximum absolute atomic E-state index is 12.6. The van der Waals surface area contributed by atoms with E-state index in [0.29, 0.717) is 23.9 Å². The van der Waals surface area contributed by atoms with Crippen molar-refractivity contribution in [2.45, 2.75) is 26.2 Å². The fourth-order valence-corrected chi connectivity index (χ4v) is 3.57. The van der Waals surface area contributed by atoms with Crippen molar-refractivity contribution in [2.24, 2.45) is 0 Å². The molecule has 1 aliphatic heterocycles. The third-order valence-electron chi connectivity index (χ3n) is 5.39. The molecule has 8 nitrogen and oxygen atoms in total. The van der Waals surface area contributed by atoms with Crippen molar-refractivity contribution in [3.63, 3.8) is 0 Å². The predicted molar refractivity (Wildman–Crippen MR) is 125 cm³/mol. The molecule has 0 bridgehead atoms. The fourth-order valence-electron chi connectivity index (χ4n) is 3.57. The molecule has 2 N–H and O–H groups in total. The topological polar surface area (TPSA) is 88.9 Å². The van der Waals surface area contributed by atoms with Crippen LogP contribution in [-0.2, 0) is 10.2 Å². The predicted octanol–water partition coefficient (Wildman–Crippen LogP) is 4.48. The molecular weight excluding hydrogens is 408 g/mol. The number of ether oxygens (including phenoxy) is 2. The molecule has 0 aliphatic carbocycles. The summed E-state index contributed by atoms with van der Waals surface area (Å²) in [6, 6.07) is 13.0. The molecule has 1 fully saturated rings. The summed E-state index contributed by atoms with van der Waals surface area (Å²) < 4.78 is 16.8. The van der Waals surface area contributed by atoms with Gasteiger partial charge < -0.3 is 19.3 Å². The van der Waals surface area contributed by atoms with E-state index in [4.69, 9.17) is 14.0 Å². The minimum Gasteiger partial charge on any atom is -0.492 e. The lowest BCUT2D eigenvalue weighted by atomic mass is 9.93. The first-order valence-electron chi connectivity index (χ1n) is 10.9. The summed E-state index contributed by atoms with van der Waals surface area (Å²) in [6.45, 7) is 10.9. The van der Waals surface area contributed by atoms with Gasteiger partial charge in [0.2, 0.25) is 0 Å². The molecule has 0 radical (unpaired) electrons. The SMILES string of the molecule is CC(C)(C)c1cc(NC(=O)Nc2ccc(OCCN3CCOCC3)c3ccccc23)no1. The van der Waals surface area contributed by atoms with E-state index in [1.807, 2.05) is 57.2 Å². The Labute approximate surface area is 187 Å². The number of urea groups is 1. The molecule has 1 aliphatic rings. The maximum atomic E-state index is 12.6. The second-order valence-corrected chi connectivity index (χ2v) is 8.86. The van der Waals surface area contributed by atoms with E-state index in [9.17, 15) is 4.79 Å². The van der Waals surface area contributed by atoms with Gasteiger partial charge in [-0.15, -0.1) is 0 Å². The van der Waals surface area contributed by atoms with Gasteiger partial charge in [0.05, 0.1) is 18.9 Å². The van der Waals surface area contributed by atoms with Crippen LogP contribution in [0.25, 0.3) is 10.8 Å². The average molecular weight is 439 g/mol. The summed E-state index contributed by atoms with van der Waals surface area (Å²) in [6.07, 6.45) is 0. The Hall–Kier alpha value is -3.10. The number of aromatic nitrogens is 1. The van der Waals surface area contributed by atoms with Crippen LogP contribution in [0.1, 0.15) is 26.5 Å². The highest BCUT2D eigenvalue weighted by Gasteiger charge is 2.20. The Balaban J connectivity index is 1.42. The van der Waals surface area contributed by atoms with Gasteiger partial charge in [-0.05, 0) is 12.1 Å². The van der Waals surface area contributed by atoms with Crippen molar-refractivity contribution >= 4 is 28.3 Å². The third kappa shape index (κ3) is 5.38. The molecule has 2 aromatic carbocycles. The van der Waals surface area contributed by atoms with Gasteiger partial charge in [0.15, 0.2) is 5.82 Å². The zero-order valence-electron chi connectivity index (χ0n) is 18.8. The number of benzene rings is 2. The van der Waals surface area contributed by atoms with E-state index in [0.717, 1.165) is 49.4 Å². The monoisotopic (exact) mass is 438 g/mol. The Kier molecular flexibility index (Phi) is 6.62. The second kappa shape index (κ2) is 9.58. The normalized spacial score (nSPS) is 15.0. The number of hydrogen-bond donors (Lipinski definition) is 2. The highest BCUT2D eigenvalue weighted by Crippen LogP contribution is 2.32. The summed E-state index contributed by atoms with van der Waals surface area (Å²) in [5.41, 5.74) is 0.509. The lowest BCUT2D eigenvalue weighted by Crippen LogP contribution is -2.38. The van der Waals surface area contributed by atoms with Gasteiger partial charge in [-0.3, -0.25) is 10.2 Å². The number of anilines is 2. The number of nitrogens with zero attached hydrogens (tertiary/aromatic N) is 2. The minimum absolute atomic E-state index is 0.183. The lowest BCUT2D eigenvalue weighted by molar-refractivity contribution is 0.0323. The van der Waals surface area contributed by atoms with Crippen LogP contribution in [0.5, 0.6) is 5.75 Å². The van der Waals surface area contributed by atoms with Crippen molar-refractivity contribution in [1.29, 1.82) is 0 Å². The zero-order chi connectivity index (χ0) is 22.6. The molecule has 1 aromatic heterocycles. The van der Waals surface area contributed by atoms with Crippen LogP contribution in [0.2, 0.25) is 0 Å². The standard InChI is InChI=1S/C24H30N4O4/c1-24(2,3)21-16-22(27-32-21)26-23(29)25-19-8-9-20(18-7-5-4-6-17(18)19)31-15-12-28-10-13-30-14-11-28/h4-9,16H,10-15H2,1-3H3,(H2,25,26,27,29). The van der Waals surface area contributed by atoms with Crippen molar-refractivity contribution in [3.05, 3.63) is 48.2 Å². The summed E-state index contributed by atoms with van der Waals surface area (Å²) >= 11 is 0. The Morgan fingerprint density at radius 1 is 1.09 bits per heavy atom. The molecule has 4 rings (SSSR count). The first-order valence-corrected chi connectivity index (χ1v) is 10.9. The fraction of sp³-hybridized carbons (Fsp3) is 0.417. The molecule has 0 atom stereocenters. The summed E-state index contributed by atoms with van der Waals surface area (Å²) in [5.74, 6) is 1.88. The molecule has 1 saturated heterocycles. The maximum Gasteiger partial charge on any atom is 0.324 e. The van der Waals surface area contributed by atoms with Gasteiger partial charge in [-0.1, -0.05) is 50.2 Å². The molecule has 0 spiro atoms. The second-order valence-electron chi connectivity index (χ2n) is 8.86. The highest BCUT2D eigenvalue weighted by molar-refractivity contribution is 6.07. The van der Waals surface area contributed by atoms with Crippen LogP contribution < -0.4 is 15.4 Å². The van der Waals surface area contributed by atoms with Crippen LogP contribution in [0.15, 0.2) is 47.0 Å². The first kappa shape index (κ1) is 22.1. The first-order chi connectivity index (χ1) is 15.4. The minimum atomic E-state index is -0.384. The van der Waals surface area contributed by atoms with Crippen LogP contribution in [0, 0.1) is 0 Å².